The van der Waals surface area contributed by atoms with Crippen molar-refractivity contribution in [1.29, 1.82) is 5.26 Å². The van der Waals surface area contributed by atoms with Crippen LogP contribution in [-0.4, -0.2) is 5.50 Å². The molecule has 1 aliphatic heterocycles. The van der Waals surface area contributed by atoms with Crippen molar-refractivity contribution in [3.63, 3.8) is 0 Å². The van der Waals surface area contributed by atoms with E-state index < -0.39 is 0 Å². The van der Waals surface area contributed by atoms with Crippen LogP contribution in [0.2, 0.25) is 0 Å². The van der Waals surface area contributed by atoms with Gasteiger partial charge in [-0.15, -0.1) is 0 Å². The monoisotopic (exact) mass is 209 g/mol. The number of thiocyanates is 1. The van der Waals surface area contributed by atoms with E-state index in [0.717, 1.165) is 15.5 Å². The summed E-state index contributed by atoms with van der Waals surface area (Å²) >= 11 is 2.74. The third kappa shape index (κ3) is 1.75. The van der Waals surface area contributed by atoms with Crippen LogP contribution in [0.4, 0.5) is 5.69 Å². The van der Waals surface area contributed by atoms with E-state index in [2.05, 4.69) is 5.32 Å². The Bertz CT molecular complexity index is 372. The molecular formula is C8H7N3S2. The van der Waals surface area contributed by atoms with E-state index >= 15 is 0 Å². The number of benzene rings is 1. The summed E-state index contributed by atoms with van der Waals surface area (Å²) in [6.45, 7) is 0. The van der Waals surface area contributed by atoms with Crippen LogP contribution in [0.3, 0.4) is 0 Å². The molecule has 66 valence electrons. The minimum Gasteiger partial charge on any atom is -0.360 e. The van der Waals surface area contributed by atoms with Gasteiger partial charge in [0, 0.05) is 15.5 Å². The van der Waals surface area contributed by atoms with Crippen LogP contribution in [0, 0.1) is 10.7 Å². The topological polar surface area (TPSA) is 61.8 Å². The number of nitrogens with two attached hydrogens (primary N) is 1. The molecule has 0 aliphatic carbocycles. The van der Waals surface area contributed by atoms with E-state index in [-0.39, 0.29) is 5.50 Å². The van der Waals surface area contributed by atoms with E-state index in [1.807, 2.05) is 23.6 Å². The Morgan fingerprint density at radius 2 is 2.46 bits per heavy atom. The van der Waals surface area contributed by atoms with Crippen LogP contribution in [0.15, 0.2) is 28.0 Å². The second-order valence-corrected chi connectivity index (χ2v) is 4.58. The molecule has 3 nitrogen and oxygen atoms in total. The zero-order valence-electron chi connectivity index (χ0n) is 6.65. The smallest absolute Gasteiger partial charge is 0.138 e. The highest BCUT2D eigenvalue weighted by Gasteiger charge is 2.17. The van der Waals surface area contributed by atoms with Crippen molar-refractivity contribution >= 4 is 29.2 Å². The lowest BCUT2D eigenvalue weighted by atomic mass is 10.3. The fourth-order valence-corrected chi connectivity index (χ4v) is 2.56. The molecule has 0 bridgehead atoms. The van der Waals surface area contributed by atoms with E-state index in [9.17, 15) is 0 Å². The van der Waals surface area contributed by atoms with Crippen molar-refractivity contribution in [2.24, 2.45) is 5.73 Å². The number of fused-ring (bicyclic) bond motifs is 1. The summed E-state index contributed by atoms with van der Waals surface area (Å²) in [5, 5.41) is 13.6. The number of anilines is 1. The van der Waals surface area contributed by atoms with Gasteiger partial charge in [-0.25, -0.2) is 0 Å². The third-order valence-corrected chi connectivity index (χ3v) is 3.21. The molecule has 2 rings (SSSR count). The molecule has 1 aromatic carbocycles. The number of thioether (sulfide) groups is 2. The Labute approximate surface area is 84.7 Å². The molecule has 1 atom stereocenters. The highest BCUT2D eigenvalue weighted by atomic mass is 32.2. The highest BCUT2D eigenvalue weighted by molar-refractivity contribution is 8.03. The first-order valence-electron chi connectivity index (χ1n) is 3.68. The maximum absolute atomic E-state index is 8.49. The minimum absolute atomic E-state index is 0.0580. The minimum atomic E-state index is -0.0580. The fraction of sp³-hybridized carbons (Fsp3) is 0.125. The molecule has 0 saturated carbocycles. The van der Waals surface area contributed by atoms with Crippen molar-refractivity contribution in [3.05, 3.63) is 18.2 Å². The number of hydrogen-bond acceptors (Lipinski definition) is 5. The van der Waals surface area contributed by atoms with Crippen molar-refractivity contribution < 1.29 is 0 Å². The molecule has 5 heteroatoms. The molecule has 1 aromatic rings. The van der Waals surface area contributed by atoms with Gasteiger partial charge in [-0.1, -0.05) is 11.8 Å². The van der Waals surface area contributed by atoms with Gasteiger partial charge in [0.15, 0.2) is 0 Å². The predicted molar refractivity (Wildman–Crippen MR) is 55.4 cm³/mol. The molecule has 13 heavy (non-hydrogen) atoms. The van der Waals surface area contributed by atoms with Gasteiger partial charge in [0.05, 0.1) is 0 Å². The Hall–Kier alpha value is -0.830. The van der Waals surface area contributed by atoms with Crippen LogP contribution in [-0.2, 0) is 0 Å². The zero-order valence-corrected chi connectivity index (χ0v) is 8.28. The van der Waals surface area contributed by atoms with Gasteiger partial charge < -0.3 is 11.1 Å². The Morgan fingerprint density at radius 3 is 3.23 bits per heavy atom. The number of rotatable bonds is 1. The van der Waals surface area contributed by atoms with Gasteiger partial charge in [-0.2, -0.15) is 5.26 Å². The van der Waals surface area contributed by atoms with Crippen LogP contribution in [0.25, 0.3) is 0 Å². The molecular weight excluding hydrogens is 202 g/mol. The van der Waals surface area contributed by atoms with Gasteiger partial charge in [0.25, 0.3) is 0 Å². The number of hydrogen-bond donors (Lipinski definition) is 2. The lowest BCUT2D eigenvalue weighted by molar-refractivity contribution is 1.08. The first-order valence-corrected chi connectivity index (χ1v) is 5.38. The molecule has 1 heterocycles. The fourth-order valence-electron chi connectivity index (χ4n) is 1.16. The van der Waals surface area contributed by atoms with E-state index in [1.54, 1.807) is 11.8 Å². The second-order valence-electron chi connectivity index (χ2n) is 2.53. The lowest BCUT2D eigenvalue weighted by Gasteiger charge is -2.00. The van der Waals surface area contributed by atoms with Gasteiger partial charge in [-0.3, -0.25) is 0 Å². The number of nitrogens with zero attached hydrogens (tertiary/aromatic N) is 1. The van der Waals surface area contributed by atoms with E-state index in [4.69, 9.17) is 11.0 Å². The average Bonchev–Trinajstić information content (AvgIpc) is 2.44. The first kappa shape index (κ1) is 8.75. The molecule has 0 aromatic heterocycles. The second kappa shape index (κ2) is 3.50. The van der Waals surface area contributed by atoms with Crippen molar-refractivity contribution in [2.75, 3.05) is 5.32 Å². The average molecular weight is 209 g/mol. The summed E-state index contributed by atoms with van der Waals surface area (Å²) in [5.41, 5.74) is 6.69. The summed E-state index contributed by atoms with van der Waals surface area (Å²) in [5.74, 6) is 0. The normalized spacial score (nSPS) is 18.9. The molecule has 1 unspecified atom stereocenters. The van der Waals surface area contributed by atoms with Crippen molar-refractivity contribution in [3.8, 4) is 5.40 Å². The van der Waals surface area contributed by atoms with Gasteiger partial charge in [-0.05, 0) is 30.0 Å². The summed E-state index contributed by atoms with van der Waals surface area (Å²) in [6.07, 6.45) is 0. The molecule has 0 saturated heterocycles. The maximum Gasteiger partial charge on any atom is 0.138 e. The molecule has 0 fully saturated rings. The Kier molecular flexibility index (Phi) is 2.36. The quantitative estimate of drug-likeness (QED) is 0.547. The lowest BCUT2D eigenvalue weighted by Crippen LogP contribution is -2.20. The molecule has 0 spiro atoms. The molecule has 0 amide bonds. The van der Waals surface area contributed by atoms with Crippen LogP contribution < -0.4 is 11.1 Å². The SMILES string of the molecule is N#CSc1ccc2c(c1)SC(N)N2. The van der Waals surface area contributed by atoms with Gasteiger partial charge in [0.1, 0.15) is 10.9 Å². The zero-order chi connectivity index (χ0) is 9.26. The van der Waals surface area contributed by atoms with Gasteiger partial charge in [0.2, 0.25) is 0 Å². The summed E-state index contributed by atoms with van der Waals surface area (Å²) in [7, 11) is 0. The van der Waals surface area contributed by atoms with Gasteiger partial charge >= 0.3 is 0 Å². The molecule has 0 radical (unpaired) electrons. The van der Waals surface area contributed by atoms with E-state index in [1.165, 1.54) is 11.8 Å². The molecule has 3 N–H and O–H groups in total. The Morgan fingerprint density at radius 1 is 1.62 bits per heavy atom. The molecule has 1 aliphatic rings. The summed E-state index contributed by atoms with van der Waals surface area (Å²) in [6, 6.07) is 5.85. The largest absolute Gasteiger partial charge is 0.360 e. The number of nitriles is 1. The summed E-state index contributed by atoms with van der Waals surface area (Å²) in [4.78, 5) is 2.08. The highest BCUT2D eigenvalue weighted by Crippen LogP contribution is 2.38. The van der Waals surface area contributed by atoms with Crippen LogP contribution >= 0.6 is 23.5 Å². The third-order valence-electron chi connectivity index (χ3n) is 1.67. The standard InChI is InChI=1S/C8H7N3S2/c9-4-12-5-1-2-6-7(3-5)13-8(10)11-6/h1-3,8,11H,10H2. The first-order chi connectivity index (χ1) is 6.29. The van der Waals surface area contributed by atoms with Crippen LogP contribution in [0.1, 0.15) is 0 Å². The predicted octanol–water partition coefficient (Wildman–Crippen LogP) is 2.02. The maximum atomic E-state index is 8.49. The van der Waals surface area contributed by atoms with Crippen molar-refractivity contribution in [2.45, 2.75) is 15.3 Å². The van der Waals surface area contributed by atoms with E-state index in [0.29, 0.717) is 0 Å². The van der Waals surface area contributed by atoms with Crippen LogP contribution in [0.5, 0.6) is 0 Å². The summed E-state index contributed by atoms with van der Waals surface area (Å²) < 4.78 is 0. The Balaban J connectivity index is 2.30. The number of nitrogens with one attached hydrogen (secondary N) is 1. The van der Waals surface area contributed by atoms with Crippen molar-refractivity contribution in [1.82, 2.24) is 0 Å².